The summed E-state index contributed by atoms with van der Waals surface area (Å²) in [6, 6.07) is 8.22. The Bertz CT molecular complexity index is 873. The molecule has 0 unspecified atom stereocenters. The smallest absolute Gasteiger partial charge is 0.475 e. The first-order valence-electron chi connectivity index (χ1n) is 9.52. The van der Waals surface area contributed by atoms with Crippen LogP contribution in [0, 0.1) is 0 Å². The average molecular weight is 497 g/mol. The van der Waals surface area contributed by atoms with Gasteiger partial charge >= 0.3 is 24.3 Å². The summed E-state index contributed by atoms with van der Waals surface area (Å²) in [5.41, 5.74) is 2.37. The van der Waals surface area contributed by atoms with Crippen molar-refractivity contribution in [3.8, 4) is 0 Å². The van der Waals surface area contributed by atoms with Gasteiger partial charge in [-0.05, 0) is 36.1 Å². The molecule has 1 fully saturated rings. The van der Waals surface area contributed by atoms with Crippen molar-refractivity contribution in [2.24, 2.45) is 0 Å². The standard InChI is InChI=1S/C16H19N3O.2C2HF3O2/c20-16-5-8-19(12-14-4-2-7-18-11-14)15(16)9-13-3-1-6-17-10-13;2*3-2(4,5)1(6)7/h1-4,6-7,10-11,15-16,20H,5,8-9,12H2;2*(H,6,7)/t15-,16+;;/m0../s1. The Morgan fingerprint density at radius 3 is 1.74 bits per heavy atom. The number of aliphatic carboxylic acids is 2. The lowest BCUT2D eigenvalue weighted by molar-refractivity contribution is -0.193. The molecule has 0 aromatic carbocycles. The van der Waals surface area contributed by atoms with Crippen LogP contribution in [0.5, 0.6) is 0 Å². The zero-order chi connectivity index (χ0) is 25.9. The summed E-state index contributed by atoms with van der Waals surface area (Å²) in [4.78, 5) is 28.4. The minimum absolute atomic E-state index is 0.166. The van der Waals surface area contributed by atoms with E-state index < -0.39 is 24.3 Å². The second-order valence-corrected chi connectivity index (χ2v) is 6.93. The molecule has 3 heterocycles. The Morgan fingerprint density at radius 1 is 0.912 bits per heavy atom. The number of aliphatic hydroxyl groups is 1. The zero-order valence-corrected chi connectivity index (χ0v) is 17.4. The van der Waals surface area contributed by atoms with Gasteiger partial charge in [-0.15, -0.1) is 0 Å². The van der Waals surface area contributed by atoms with Gasteiger partial charge in [0, 0.05) is 43.9 Å². The van der Waals surface area contributed by atoms with Gasteiger partial charge in [-0.25, -0.2) is 9.59 Å². The lowest BCUT2D eigenvalue weighted by Gasteiger charge is -2.26. The number of hydrogen-bond donors (Lipinski definition) is 3. The molecule has 0 amide bonds. The van der Waals surface area contributed by atoms with Crippen LogP contribution in [-0.4, -0.2) is 73.2 Å². The van der Waals surface area contributed by atoms with Crippen molar-refractivity contribution >= 4 is 11.9 Å². The number of carboxylic acid groups (broad SMARTS) is 2. The molecule has 0 radical (unpaired) electrons. The molecule has 0 saturated carbocycles. The molecule has 8 nitrogen and oxygen atoms in total. The third kappa shape index (κ3) is 10.6. The molecule has 1 aliphatic rings. The summed E-state index contributed by atoms with van der Waals surface area (Å²) in [6.45, 7) is 1.77. The topological polar surface area (TPSA) is 124 Å². The number of nitrogens with zero attached hydrogens (tertiary/aromatic N) is 3. The highest BCUT2D eigenvalue weighted by molar-refractivity contribution is 5.73. The molecule has 1 aliphatic heterocycles. The van der Waals surface area contributed by atoms with Gasteiger partial charge in [-0.1, -0.05) is 12.1 Å². The van der Waals surface area contributed by atoms with Crippen molar-refractivity contribution in [1.29, 1.82) is 0 Å². The molecule has 2 aromatic heterocycles. The van der Waals surface area contributed by atoms with E-state index in [0.717, 1.165) is 25.9 Å². The molecule has 3 N–H and O–H groups in total. The summed E-state index contributed by atoms with van der Waals surface area (Å²) in [7, 11) is 0. The minimum Gasteiger partial charge on any atom is -0.475 e. The van der Waals surface area contributed by atoms with Crippen molar-refractivity contribution in [3.63, 3.8) is 0 Å². The first kappa shape index (κ1) is 28.8. The SMILES string of the molecule is O=C(O)C(F)(F)F.O=C(O)C(F)(F)F.O[C@@H]1CCN(Cc2cccnc2)[C@H]1Cc1cccnc1. The fourth-order valence-corrected chi connectivity index (χ4v) is 2.85. The summed E-state index contributed by atoms with van der Waals surface area (Å²) in [5, 5.41) is 24.5. The number of likely N-dealkylation sites (tertiary alicyclic amines) is 1. The van der Waals surface area contributed by atoms with Crippen LogP contribution in [0.1, 0.15) is 17.5 Å². The predicted octanol–water partition coefficient (Wildman–Crippen LogP) is 2.92. The van der Waals surface area contributed by atoms with Crippen molar-refractivity contribution in [3.05, 3.63) is 60.2 Å². The molecule has 34 heavy (non-hydrogen) atoms. The number of aliphatic hydroxyl groups excluding tert-OH is 1. The van der Waals surface area contributed by atoms with E-state index in [1.54, 1.807) is 12.4 Å². The predicted molar refractivity (Wildman–Crippen MR) is 104 cm³/mol. The maximum absolute atomic E-state index is 10.6. The van der Waals surface area contributed by atoms with Crippen molar-refractivity contribution in [2.45, 2.75) is 43.9 Å². The molecule has 1 saturated heterocycles. The molecule has 14 heteroatoms. The fraction of sp³-hybridized carbons (Fsp3) is 0.400. The summed E-state index contributed by atoms with van der Waals surface area (Å²) in [5.74, 6) is -5.51. The highest BCUT2D eigenvalue weighted by atomic mass is 19.4. The van der Waals surface area contributed by atoms with Crippen molar-refractivity contribution in [1.82, 2.24) is 14.9 Å². The van der Waals surface area contributed by atoms with Gasteiger partial charge in [0.2, 0.25) is 0 Å². The molecule has 188 valence electrons. The number of aromatic nitrogens is 2. The van der Waals surface area contributed by atoms with Gasteiger partial charge in [0.15, 0.2) is 0 Å². The van der Waals surface area contributed by atoms with Crippen LogP contribution in [0.3, 0.4) is 0 Å². The van der Waals surface area contributed by atoms with E-state index in [1.165, 1.54) is 11.1 Å². The number of pyridine rings is 2. The van der Waals surface area contributed by atoms with Gasteiger partial charge in [-0.2, -0.15) is 26.3 Å². The molecule has 2 aromatic rings. The highest BCUT2D eigenvalue weighted by Gasteiger charge is 2.39. The number of halogens is 6. The Kier molecular flexibility index (Phi) is 10.9. The van der Waals surface area contributed by atoms with E-state index in [2.05, 4.69) is 27.0 Å². The second kappa shape index (κ2) is 12.8. The van der Waals surface area contributed by atoms with Crippen molar-refractivity contribution < 1.29 is 51.3 Å². The second-order valence-electron chi connectivity index (χ2n) is 6.93. The molecular formula is C20H21F6N3O5. The van der Waals surface area contributed by atoms with Crippen LogP contribution in [0.4, 0.5) is 26.3 Å². The lowest BCUT2D eigenvalue weighted by atomic mass is 10.0. The zero-order valence-electron chi connectivity index (χ0n) is 17.4. The summed E-state index contributed by atoms with van der Waals surface area (Å²) >= 11 is 0. The number of alkyl halides is 6. The van der Waals surface area contributed by atoms with E-state index in [4.69, 9.17) is 19.8 Å². The third-order valence-electron chi connectivity index (χ3n) is 4.39. The molecule has 0 bridgehead atoms. The minimum atomic E-state index is -5.08. The fourth-order valence-electron chi connectivity index (χ4n) is 2.85. The van der Waals surface area contributed by atoms with Crippen LogP contribution in [-0.2, 0) is 22.6 Å². The van der Waals surface area contributed by atoms with Crippen LogP contribution in [0.25, 0.3) is 0 Å². The van der Waals surface area contributed by atoms with Crippen LogP contribution < -0.4 is 0 Å². The maximum Gasteiger partial charge on any atom is 0.490 e. The molecule has 0 spiro atoms. The average Bonchev–Trinajstić information content (AvgIpc) is 3.08. The number of hydrogen-bond acceptors (Lipinski definition) is 6. The third-order valence-corrected chi connectivity index (χ3v) is 4.39. The normalized spacial score (nSPS) is 18.2. The summed E-state index contributed by atoms with van der Waals surface area (Å²) < 4.78 is 63.5. The van der Waals surface area contributed by atoms with E-state index in [0.29, 0.717) is 0 Å². The van der Waals surface area contributed by atoms with Crippen LogP contribution >= 0.6 is 0 Å². The van der Waals surface area contributed by atoms with E-state index >= 15 is 0 Å². The first-order valence-corrected chi connectivity index (χ1v) is 9.52. The first-order chi connectivity index (χ1) is 15.7. The molecule has 3 rings (SSSR count). The number of carbonyl (C=O) groups is 2. The molecule has 2 atom stereocenters. The lowest BCUT2D eigenvalue weighted by Crippen LogP contribution is -2.36. The van der Waals surface area contributed by atoms with Crippen LogP contribution in [0.2, 0.25) is 0 Å². The Labute approximate surface area is 189 Å². The summed E-state index contributed by atoms with van der Waals surface area (Å²) in [6.07, 6.45) is -1.40. The van der Waals surface area contributed by atoms with Gasteiger partial charge in [0.25, 0.3) is 0 Å². The van der Waals surface area contributed by atoms with Gasteiger partial charge < -0.3 is 15.3 Å². The van der Waals surface area contributed by atoms with E-state index in [9.17, 15) is 31.4 Å². The van der Waals surface area contributed by atoms with Crippen LogP contribution in [0.15, 0.2) is 49.1 Å². The highest BCUT2D eigenvalue weighted by Crippen LogP contribution is 2.23. The Hall–Kier alpha value is -3.26. The monoisotopic (exact) mass is 497 g/mol. The van der Waals surface area contributed by atoms with Gasteiger partial charge in [0.05, 0.1) is 6.10 Å². The van der Waals surface area contributed by atoms with E-state index in [1.807, 2.05) is 24.5 Å². The quantitative estimate of drug-likeness (QED) is 0.551. The van der Waals surface area contributed by atoms with Crippen molar-refractivity contribution in [2.75, 3.05) is 6.54 Å². The van der Waals surface area contributed by atoms with Gasteiger partial charge in [-0.3, -0.25) is 14.9 Å². The van der Waals surface area contributed by atoms with E-state index in [-0.39, 0.29) is 12.1 Å². The number of rotatable bonds is 4. The Morgan fingerprint density at radius 2 is 1.35 bits per heavy atom. The molecular weight excluding hydrogens is 476 g/mol. The largest absolute Gasteiger partial charge is 0.490 e. The molecule has 0 aliphatic carbocycles. The number of carboxylic acids is 2. The maximum atomic E-state index is 10.6. The van der Waals surface area contributed by atoms with Gasteiger partial charge in [0.1, 0.15) is 0 Å². The Balaban J connectivity index is 0.000000343.